The van der Waals surface area contributed by atoms with Crippen molar-refractivity contribution in [3.05, 3.63) is 21.7 Å². The Labute approximate surface area is 103 Å². The molecule has 0 atom stereocenters. The lowest BCUT2D eigenvalue weighted by atomic mass is 10.1. The highest BCUT2D eigenvalue weighted by atomic mass is 35.5. The van der Waals surface area contributed by atoms with Gasteiger partial charge in [0.15, 0.2) is 10.9 Å². The van der Waals surface area contributed by atoms with Crippen LogP contribution in [0.25, 0.3) is 0 Å². The summed E-state index contributed by atoms with van der Waals surface area (Å²) in [4.78, 5) is 0. The number of thiocarbonyl (C=S) groups is 1. The monoisotopic (exact) mass is 264 g/mol. The van der Waals surface area contributed by atoms with Crippen LogP contribution in [0.2, 0.25) is 10.0 Å². The summed E-state index contributed by atoms with van der Waals surface area (Å²) in [7, 11) is 0. The van der Waals surface area contributed by atoms with Crippen LogP contribution in [0.15, 0.2) is 6.07 Å². The van der Waals surface area contributed by atoms with Crippen LogP contribution in [0, 0.1) is 0 Å². The average molecular weight is 265 g/mol. The Morgan fingerprint density at radius 2 is 2.20 bits per heavy atom. The van der Waals surface area contributed by atoms with Gasteiger partial charge in [-0.1, -0.05) is 30.1 Å². The lowest BCUT2D eigenvalue weighted by molar-refractivity contribution is 0.477. The zero-order chi connectivity index (χ0) is 11.6. The van der Waals surface area contributed by atoms with E-state index in [-0.39, 0.29) is 15.9 Å². The van der Waals surface area contributed by atoms with Crippen LogP contribution in [-0.4, -0.2) is 10.2 Å². The smallest absolute Gasteiger partial charge is 0.168 e. The molecule has 15 heavy (non-hydrogen) atoms. The maximum atomic E-state index is 9.71. The van der Waals surface area contributed by atoms with Gasteiger partial charge in [-0.05, 0) is 30.3 Å². The predicted octanol–water partition coefficient (Wildman–Crippen LogP) is 2.92. The number of hydrogen-bond donors (Lipinski definition) is 3. The second-order valence-corrected chi connectivity index (χ2v) is 4.11. The first kappa shape index (κ1) is 12.4. The number of halogens is 2. The van der Waals surface area contributed by atoms with E-state index in [9.17, 15) is 5.11 Å². The number of anilines is 1. The van der Waals surface area contributed by atoms with Gasteiger partial charge in [-0.25, -0.2) is 0 Å². The van der Waals surface area contributed by atoms with Crippen LogP contribution < -0.4 is 11.1 Å². The molecule has 0 saturated carbocycles. The molecular formula is C9H10Cl2N2OS. The minimum absolute atomic E-state index is 0.0432. The van der Waals surface area contributed by atoms with Crippen molar-refractivity contribution in [2.45, 2.75) is 13.3 Å². The Kier molecular flexibility index (Phi) is 4.02. The largest absolute Gasteiger partial charge is 0.504 e. The molecular weight excluding hydrogens is 255 g/mol. The predicted molar refractivity (Wildman–Crippen MR) is 67.9 cm³/mol. The summed E-state index contributed by atoms with van der Waals surface area (Å²) in [5, 5.41) is 13.1. The number of nitrogens with two attached hydrogens (primary N) is 1. The molecule has 0 amide bonds. The Balaban J connectivity index is 3.27. The first-order valence-corrected chi connectivity index (χ1v) is 5.40. The molecule has 0 spiro atoms. The van der Waals surface area contributed by atoms with Crippen LogP contribution in [0.5, 0.6) is 5.75 Å². The van der Waals surface area contributed by atoms with E-state index in [1.165, 1.54) is 0 Å². The number of benzene rings is 1. The van der Waals surface area contributed by atoms with Crippen molar-refractivity contribution < 1.29 is 5.11 Å². The van der Waals surface area contributed by atoms with Gasteiger partial charge in [0, 0.05) is 5.02 Å². The average Bonchev–Trinajstić information content (AvgIpc) is 2.14. The van der Waals surface area contributed by atoms with Gasteiger partial charge in [0.25, 0.3) is 0 Å². The highest BCUT2D eigenvalue weighted by Crippen LogP contribution is 2.39. The van der Waals surface area contributed by atoms with Gasteiger partial charge in [0.2, 0.25) is 0 Å². The van der Waals surface area contributed by atoms with E-state index < -0.39 is 0 Å². The maximum absolute atomic E-state index is 9.71. The van der Waals surface area contributed by atoms with Crippen LogP contribution in [-0.2, 0) is 6.42 Å². The summed E-state index contributed by atoms with van der Waals surface area (Å²) in [6.07, 6.45) is 0.637. The zero-order valence-electron chi connectivity index (χ0n) is 7.97. The third kappa shape index (κ3) is 2.65. The minimum Gasteiger partial charge on any atom is -0.504 e. The molecule has 0 aliphatic rings. The second kappa shape index (κ2) is 4.88. The van der Waals surface area contributed by atoms with E-state index in [1.807, 2.05) is 6.92 Å². The van der Waals surface area contributed by atoms with E-state index in [4.69, 9.17) is 28.9 Å². The summed E-state index contributed by atoms with van der Waals surface area (Å²) in [5.41, 5.74) is 6.30. The molecule has 0 bridgehead atoms. The molecule has 1 rings (SSSR count). The van der Waals surface area contributed by atoms with E-state index in [0.717, 1.165) is 0 Å². The van der Waals surface area contributed by atoms with Crippen LogP contribution in [0.4, 0.5) is 5.69 Å². The van der Waals surface area contributed by atoms with E-state index >= 15 is 0 Å². The standard InChI is InChI=1S/C9H10Cl2N2OS/c1-2-4-5(10)3-6(13-9(12)15)8(14)7(4)11/h3,14H,2H2,1H3,(H3,12,13,15). The van der Waals surface area contributed by atoms with Gasteiger partial charge in [0.1, 0.15) is 0 Å². The quantitative estimate of drug-likeness (QED) is 0.568. The van der Waals surface area contributed by atoms with Crippen molar-refractivity contribution in [1.29, 1.82) is 0 Å². The lowest BCUT2D eigenvalue weighted by Gasteiger charge is -2.12. The van der Waals surface area contributed by atoms with Gasteiger partial charge in [-0.2, -0.15) is 0 Å². The molecule has 0 aliphatic carbocycles. The number of aromatic hydroxyl groups is 1. The van der Waals surface area contributed by atoms with Gasteiger partial charge >= 0.3 is 0 Å². The molecule has 1 aromatic carbocycles. The molecule has 1 aromatic rings. The minimum atomic E-state index is -0.0919. The first-order chi connectivity index (χ1) is 6.97. The third-order valence-corrected chi connectivity index (χ3v) is 2.75. The zero-order valence-corrected chi connectivity index (χ0v) is 10.3. The van der Waals surface area contributed by atoms with Gasteiger partial charge in [0.05, 0.1) is 10.7 Å². The van der Waals surface area contributed by atoms with Gasteiger partial charge in [-0.15, -0.1) is 0 Å². The molecule has 0 fully saturated rings. The SMILES string of the molecule is CCc1c(Cl)cc(NC(N)=S)c(O)c1Cl. The number of hydrogen-bond acceptors (Lipinski definition) is 2. The fourth-order valence-corrected chi connectivity index (χ4v) is 2.03. The number of phenols is 1. The van der Waals surface area contributed by atoms with Crippen molar-refractivity contribution in [1.82, 2.24) is 0 Å². The summed E-state index contributed by atoms with van der Waals surface area (Å²) in [5.74, 6) is -0.0919. The molecule has 4 N–H and O–H groups in total. The molecule has 0 unspecified atom stereocenters. The highest BCUT2D eigenvalue weighted by molar-refractivity contribution is 7.80. The Morgan fingerprint density at radius 3 is 2.67 bits per heavy atom. The fraction of sp³-hybridized carbons (Fsp3) is 0.222. The van der Waals surface area contributed by atoms with Gasteiger partial charge in [-0.3, -0.25) is 0 Å². The van der Waals surface area contributed by atoms with Crippen molar-refractivity contribution in [2.75, 3.05) is 5.32 Å². The number of phenolic OH excluding ortho intramolecular Hbond substituents is 1. The molecule has 0 saturated heterocycles. The number of rotatable bonds is 2. The van der Waals surface area contributed by atoms with Crippen molar-refractivity contribution >= 4 is 46.2 Å². The normalized spacial score (nSPS) is 10.1. The van der Waals surface area contributed by atoms with Crippen LogP contribution >= 0.6 is 35.4 Å². The summed E-state index contributed by atoms with van der Waals surface area (Å²) >= 11 is 16.6. The van der Waals surface area contributed by atoms with Gasteiger partial charge < -0.3 is 16.2 Å². The molecule has 3 nitrogen and oxygen atoms in total. The molecule has 82 valence electrons. The molecule has 0 radical (unpaired) electrons. The Hall–Kier alpha value is -0.710. The van der Waals surface area contributed by atoms with E-state index in [2.05, 4.69) is 17.5 Å². The van der Waals surface area contributed by atoms with Crippen LogP contribution in [0.1, 0.15) is 12.5 Å². The summed E-state index contributed by atoms with van der Waals surface area (Å²) in [6.45, 7) is 1.90. The number of nitrogens with one attached hydrogen (secondary N) is 1. The van der Waals surface area contributed by atoms with Crippen molar-refractivity contribution in [2.24, 2.45) is 5.73 Å². The Morgan fingerprint density at radius 1 is 1.60 bits per heavy atom. The maximum Gasteiger partial charge on any atom is 0.168 e. The van der Waals surface area contributed by atoms with E-state index in [0.29, 0.717) is 22.7 Å². The second-order valence-electron chi connectivity index (χ2n) is 2.89. The Bertz CT molecular complexity index is 410. The fourth-order valence-electron chi connectivity index (χ4n) is 1.20. The van der Waals surface area contributed by atoms with Crippen LogP contribution in [0.3, 0.4) is 0 Å². The molecule has 0 aromatic heterocycles. The molecule has 6 heteroatoms. The topological polar surface area (TPSA) is 58.3 Å². The van der Waals surface area contributed by atoms with E-state index in [1.54, 1.807) is 6.07 Å². The molecule has 0 heterocycles. The highest BCUT2D eigenvalue weighted by Gasteiger charge is 2.14. The van der Waals surface area contributed by atoms with Crippen molar-refractivity contribution in [3.63, 3.8) is 0 Å². The first-order valence-electron chi connectivity index (χ1n) is 4.23. The molecule has 0 aliphatic heterocycles. The lowest BCUT2D eigenvalue weighted by Crippen LogP contribution is -2.19. The summed E-state index contributed by atoms with van der Waals surface area (Å²) in [6, 6.07) is 1.54. The third-order valence-electron chi connectivity index (χ3n) is 1.90. The van der Waals surface area contributed by atoms with Crippen molar-refractivity contribution in [3.8, 4) is 5.75 Å². The summed E-state index contributed by atoms with van der Waals surface area (Å²) < 4.78 is 0.